The third kappa shape index (κ3) is 3.69. The van der Waals surface area contributed by atoms with Gasteiger partial charge in [-0.25, -0.2) is 0 Å². The van der Waals surface area contributed by atoms with Gasteiger partial charge in [-0.05, 0) is 5.56 Å². The smallest absolute Gasteiger partial charge is 0.220 e. The topological polar surface area (TPSA) is 20.3 Å². The van der Waals surface area contributed by atoms with Gasteiger partial charge in [0.1, 0.15) is 0 Å². The van der Waals surface area contributed by atoms with Gasteiger partial charge in [0, 0.05) is 25.2 Å². The van der Waals surface area contributed by atoms with E-state index in [4.69, 9.17) is 23.2 Å². The van der Waals surface area contributed by atoms with Gasteiger partial charge >= 0.3 is 0 Å². The van der Waals surface area contributed by atoms with E-state index in [2.05, 4.69) is 0 Å². The van der Waals surface area contributed by atoms with Gasteiger partial charge in [0.15, 0.2) is 0 Å². The van der Waals surface area contributed by atoms with E-state index in [0.29, 0.717) is 18.3 Å². The molecular formula is C12H15Cl2NO. The lowest BCUT2D eigenvalue weighted by Gasteiger charge is -2.28. The van der Waals surface area contributed by atoms with Gasteiger partial charge in [-0.1, -0.05) is 30.3 Å². The van der Waals surface area contributed by atoms with Crippen molar-refractivity contribution in [2.75, 3.05) is 11.8 Å². The van der Waals surface area contributed by atoms with Gasteiger partial charge in [-0.3, -0.25) is 4.79 Å². The molecule has 0 unspecified atom stereocenters. The third-order valence-corrected chi connectivity index (χ3v) is 3.11. The second kappa shape index (κ2) is 6.77. The van der Waals surface area contributed by atoms with Gasteiger partial charge in [0.05, 0.1) is 6.04 Å². The van der Waals surface area contributed by atoms with Gasteiger partial charge < -0.3 is 4.90 Å². The lowest BCUT2D eigenvalue weighted by Crippen LogP contribution is -2.40. The molecule has 0 bridgehead atoms. The zero-order chi connectivity index (χ0) is 12.0. The van der Waals surface area contributed by atoms with E-state index in [1.54, 1.807) is 4.90 Å². The fourth-order valence-corrected chi connectivity index (χ4v) is 2.15. The van der Waals surface area contributed by atoms with Crippen molar-refractivity contribution in [3.63, 3.8) is 0 Å². The molecule has 0 saturated heterocycles. The Kier molecular flexibility index (Phi) is 5.64. The fraction of sp³-hybridized carbons (Fsp3) is 0.417. The van der Waals surface area contributed by atoms with Crippen molar-refractivity contribution in [2.45, 2.75) is 19.5 Å². The van der Waals surface area contributed by atoms with Crippen molar-refractivity contribution >= 4 is 29.1 Å². The highest BCUT2D eigenvalue weighted by atomic mass is 35.5. The van der Waals surface area contributed by atoms with E-state index < -0.39 is 0 Å². The molecule has 88 valence electrons. The third-order valence-electron chi connectivity index (χ3n) is 2.40. The summed E-state index contributed by atoms with van der Waals surface area (Å²) in [5.41, 5.74) is 1.08. The molecule has 4 heteroatoms. The molecule has 0 aliphatic rings. The zero-order valence-corrected chi connectivity index (χ0v) is 10.7. The average Bonchev–Trinajstić information content (AvgIpc) is 2.30. The van der Waals surface area contributed by atoms with E-state index in [1.807, 2.05) is 30.3 Å². The largest absolute Gasteiger partial charge is 0.333 e. The van der Waals surface area contributed by atoms with Crippen molar-refractivity contribution in [2.24, 2.45) is 0 Å². The maximum Gasteiger partial charge on any atom is 0.220 e. The predicted octanol–water partition coefficient (Wildman–Crippen LogP) is 2.88. The number of carbonyl (C=O) groups is 1. The summed E-state index contributed by atoms with van der Waals surface area (Å²) in [4.78, 5) is 13.2. The molecule has 0 aliphatic carbocycles. The first kappa shape index (κ1) is 13.3. The van der Waals surface area contributed by atoms with Crippen LogP contribution >= 0.6 is 23.2 Å². The van der Waals surface area contributed by atoms with Gasteiger partial charge in [0.2, 0.25) is 5.91 Å². The summed E-state index contributed by atoms with van der Waals surface area (Å²) in [6, 6.07) is 9.70. The Labute approximate surface area is 106 Å². The highest BCUT2D eigenvalue weighted by molar-refractivity contribution is 6.21. The number of hydrogen-bond acceptors (Lipinski definition) is 1. The summed E-state index contributed by atoms with van der Waals surface area (Å²) in [5, 5.41) is 0. The van der Waals surface area contributed by atoms with Gasteiger partial charge in [-0.15, -0.1) is 23.2 Å². The van der Waals surface area contributed by atoms with Crippen LogP contribution in [0.15, 0.2) is 30.3 Å². The first-order chi connectivity index (χ1) is 7.69. The molecule has 1 aromatic rings. The van der Waals surface area contributed by atoms with Crippen LogP contribution < -0.4 is 0 Å². The molecule has 1 aromatic carbocycles. The Morgan fingerprint density at radius 1 is 1.25 bits per heavy atom. The number of alkyl halides is 2. The number of amides is 1. The number of rotatable bonds is 5. The summed E-state index contributed by atoms with van der Waals surface area (Å²) < 4.78 is 0. The second-order valence-corrected chi connectivity index (χ2v) is 4.21. The van der Waals surface area contributed by atoms with Gasteiger partial charge in [-0.2, -0.15) is 0 Å². The highest BCUT2D eigenvalue weighted by Crippen LogP contribution is 2.11. The Morgan fingerprint density at radius 2 is 1.81 bits per heavy atom. The van der Waals surface area contributed by atoms with Crippen molar-refractivity contribution in [3.05, 3.63) is 35.9 Å². The van der Waals surface area contributed by atoms with E-state index in [0.717, 1.165) is 5.56 Å². The molecule has 0 radical (unpaired) electrons. The predicted molar refractivity (Wildman–Crippen MR) is 67.9 cm³/mol. The highest BCUT2D eigenvalue weighted by Gasteiger charge is 2.19. The number of benzene rings is 1. The van der Waals surface area contributed by atoms with Crippen molar-refractivity contribution in [1.29, 1.82) is 0 Å². The summed E-state index contributed by atoms with van der Waals surface area (Å²) >= 11 is 11.6. The van der Waals surface area contributed by atoms with E-state index >= 15 is 0 Å². The molecule has 0 atom stereocenters. The summed E-state index contributed by atoms with van der Waals surface area (Å²) in [7, 11) is 0. The number of nitrogens with zero attached hydrogens (tertiary/aromatic N) is 1. The lowest BCUT2D eigenvalue weighted by molar-refractivity contribution is -0.131. The normalized spacial score (nSPS) is 10.5. The average molecular weight is 260 g/mol. The molecule has 0 N–H and O–H groups in total. The first-order valence-electron chi connectivity index (χ1n) is 5.12. The maximum absolute atomic E-state index is 11.5. The molecule has 0 saturated carbocycles. The fourth-order valence-electron chi connectivity index (χ4n) is 1.49. The van der Waals surface area contributed by atoms with Crippen molar-refractivity contribution in [3.8, 4) is 0 Å². The Hall–Kier alpha value is -0.730. The van der Waals surface area contributed by atoms with Crippen LogP contribution in [0.1, 0.15) is 12.5 Å². The van der Waals surface area contributed by atoms with Crippen LogP contribution in [-0.2, 0) is 11.3 Å². The molecule has 16 heavy (non-hydrogen) atoms. The van der Waals surface area contributed by atoms with Crippen LogP contribution in [0.25, 0.3) is 0 Å². The monoisotopic (exact) mass is 259 g/mol. The molecule has 0 spiro atoms. The van der Waals surface area contributed by atoms with Crippen LogP contribution in [0.3, 0.4) is 0 Å². The number of hydrogen-bond donors (Lipinski definition) is 0. The molecule has 1 rings (SSSR count). The maximum atomic E-state index is 11.5. The van der Waals surface area contributed by atoms with Crippen LogP contribution in [0.4, 0.5) is 0 Å². The lowest BCUT2D eigenvalue weighted by atomic mass is 10.2. The summed E-state index contributed by atoms with van der Waals surface area (Å²) in [6.45, 7) is 2.09. The molecule has 0 aliphatic heterocycles. The van der Waals surface area contributed by atoms with Crippen LogP contribution in [-0.4, -0.2) is 28.6 Å². The SMILES string of the molecule is CC(=O)N(Cc1ccccc1)C(CCl)CCl. The van der Waals surface area contributed by atoms with Crippen molar-refractivity contribution < 1.29 is 4.79 Å². The van der Waals surface area contributed by atoms with Crippen molar-refractivity contribution in [1.82, 2.24) is 4.90 Å². The first-order valence-corrected chi connectivity index (χ1v) is 6.19. The van der Waals surface area contributed by atoms with Crippen LogP contribution in [0, 0.1) is 0 Å². The minimum absolute atomic E-state index is 0.00449. The summed E-state index contributed by atoms with van der Waals surface area (Å²) in [5.74, 6) is 0.710. The zero-order valence-electron chi connectivity index (χ0n) is 9.20. The Balaban J connectivity index is 2.76. The molecule has 2 nitrogen and oxygen atoms in total. The molecule has 0 aromatic heterocycles. The summed E-state index contributed by atoms with van der Waals surface area (Å²) in [6.07, 6.45) is 0. The van der Waals surface area contributed by atoms with Crippen LogP contribution in [0.2, 0.25) is 0 Å². The quantitative estimate of drug-likeness (QED) is 0.745. The molecular weight excluding hydrogens is 245 g/mol. The standard InChI is InChI=1S/C12H15Cl2NO/c1-10(16)15(12(7-13)8-14)9-11-5-3-2-4-6-11/h2-6,12H,7-9H2,1H3. The van der Waals surface area contributed by atoms with Gasteiger partial charge in [0.25, 0.3) is 0 Å². The molecule has 0 heterocycles. The van der Waals surface area contributed by atoms with E-state index in [1.165, 1.54) is 6.92 Å². The number of carbonyl (C=O) groups excluding carboxylic acids is 1. The van der Waals surface area contributed by atoms with E-state index in [9.17, 15) is 4.79 Å². The van der Waals surface area contributed by atoms with Crippen LogP contribution in [0.5, 0.6) is 0 Å². The Bertz CT molecular complexity index is 325. The Morgan fingerprint density at radius 3 is 2.25 bits per heavy atom. The minimum atomic E-state index is -0.110. The minimum Gasteiger partial charge on any atom is -0.333 e. The molecule has 1 amide bonds. The number of halogens is 2. The van der Waals surface area contributed by atoms with E-state index in [-0.39, 0.29) is 11.9 Å². The molecule has 0 fully saturated rings. The second-order valence-electron chi connectivity index (χ2n) is 3.59.